The largest absolute Gasteiger partial charge is 0.444 e. The molecule has 0 fully saturated rings. The Bertz CT molecular complexity index is 560. The smallest absolute Gasteiger partial charge is 0.411 e. The first-order valence-corrected chi connectivity index (χ1v) is 7.60. The third-order valence-corrected chi connectivity index (χ3v) is 3.62. The third-order valence-electron chi connectivity index (χ3n) is 3.39. The van der Waals surface area contributed by atoms with Gasteiger partial charge in [0.25, 0.3) is 0 Å². The monoisotopic (exact) mass is 307 g/mol. The standard InChI is InChI=1S/C17H22ClNO2/c1-5-6-15-14-11-13(18)8-7-12(14)9-10-19(15)16(20)21-17(2,3)4/h5-8,11,15H,9-10H2,1-4H3/b6-5+/t15-/m0/s1. The van der Waals surface area contributed by atoms with Crippen LogP contribution >= 0.6 is 11.6 Å². The van der Waals surface area contributed by atoms with E-state index in [4.69, 9.17) is 16.3 Å². The van der Waals surface area contributed by atoms with Crippen molar-refractivity contribution < 1.29 is 9.53 Å². The molecule has 4 heteroatoms. The molecule has 0 aliphatic carbocycles. The van der Waals surface area contributed by atoms with Crippen molar-refractivity contribution in [2.24, 2.45) is 0 Å². The number of amides is 1. The summed E-state index contributed by atoms with van der Waals surface area (Å²) in [5.74, 6) is 0. The van der Waals surface area contributed by atoms with Crippen LogP contribution in [0.3, 0.4) is 0 Å². The number of fused-ring (bicyclic) bond motifs is 1. The van der Waals surface area contributed by atoms with Crippen molar-refractivity contribution in [3.63, 3.8) is 0 Å². The molecule has 0 unspecified atom stereocenters. The van der Waals surface area contributed by atoms with Crippen molar-refractivity contribution in [1.82, 2.24) is 4.90 Å². The van der Waals surface area contributed by atoms with Gasteiger partial charge < -0.3 is 4.74 Å². The second-order valence-electron chi connectivity index (χ2n) is 6.24. The normalized spacial score (nSPS) is 18.7. The van der Waals surface area contributed by atoms with Crippen molar-refractivity contribution >= 4 is 17.7 Å². The molecule has 2 rings (SSSR count). The average Bonchev–Trinajstić information content (AvgIpc) is 2.37. The molecule has 114 valence electrons. The first-order chi connectivity index (χ1) is 9.81. The van der Waals surface area contributed by atoms with Crippen molar-refractivity contribution in [3.05, 3.63) is 46.5 Å². The Morgan fingerprint density at radius 3 is 2.76 bits per heavy atom. The Kier molecular flexibility index (Phi) is 4.62. The summed E-state index contributed by atoms with van der Waals surface area (Å²) in [6.07, 6.45) is 4.51. The molecule has 3 nitrogen and oxygen atoms in total. The van der Waals surface area contributed by atoms with E-state index in [1.54, 1.807) is 4.90 Å². The Morgan fingerprint density at radius 1 is 1.43 bits per heavy atom. The fraction of sp³-hybridized carbons (Fsp3) is 0.471. The number of benzene rings is 1. The lowest BCUT2D eigenvalue weighted by Crippen LogP contribution is -2.42. The molecule has 1 aromatic carbocycles. The molecule has 1 heterocycles. The summed E-state index contributed by atoms with van der Waals surface area (Å²) >= 11 is 6.12. The molecule has 0 radical (unpaired) electrons. The fourth-order valence-electron chi connectivity index (χ4n) is 2.53. The maximum Gasteiger partial charge on any atom is 0.411 e. The van der Waals surface area contributed by atoms with Gasteiger partial charge in [0.05, 0.1) is 6.04 Å². The highest BCUT2D eigenvalue weighted by Crippen LogP contribution is 2.33. The lowest BCUT2D eigenvalue weighted by Gasteiger charge is -2.36. The predicted molar refractivity (Wildman–Crippen MR) is 85.7 cm³/mol. The van der Waals surface area contributed by atoms with Crippen molar-refractivity contribution in [2.75, 3.05) is 6.54 Å². The van der Waals surface area contributed by atoms with Gasteiger partial charge in [0.15, 0.2) is 0 Å². The van der Waals surface area contributed by atoms with Crippen LogP contribution in [0.25, 0.3) is 0 Å². The number of hydrogen-bond donors (Lipinski definition) is 0. The van der Waals surface area contributed by atoms with Crippen LogP contribution in [-0.2, 0) is 11.2 Å². The minimum Gasteiger partial charge on any atom is -0.444 e. The van der Waals surface area contributed by atoms with Gasteiger partial charge in [-0.05, 0) is 57.4 Å². The molecule has 0 N–H and O–H groups in total. The molecule has 0 saturated heterocycles. The number of hydrogen-bond acceptors (Lipinski definition) is 2. The quantitative estimate of drug-likeness (QED) is 0.701. The molecule has 0 spiro atoms. The van der Waals surface area contributed by atoms with Gasteiger partial charge in [-0.25, -0.2) is 4.79 Å². The van der Waals surface area contributed by atoms with Crippen molar-refractivity contribution in [1.29, 1.82) is 0 Å². The third kappa shape index (κ3) is 3.79. The molecule has 0 saturated carbocycles. The van der Waals surface area contributed by atoms with Gasteiger partial charge in [-0.2, -0.15) is 0 Å². The number of carbonyl (C=O) groups excluding carboxylic acids is 1. The lowest BCUT2D eigenvalue weighted by molar-refractivity contribution is 0.0184. The minimum atomic E-state index is -0.494. The molecule has 1 aliphatic heterocycles. The summed E-state index contributed by atoms with van der Waals surface area (Å²) < 4.78 is 5.52. The van der Waals surface area contributed by atoms with E-state index < -0.39 is 5.60 Å². The molecular formula is C17H22ClNO2. The highest BCUT2D eigenvalue weighted by atomic mass is 35.5. The van der Waals surface area contributed by atoms with Crippen LogP contribution in [0.1, 0.15) is 44.9 Å². The molecule has 21 heavy (non-hydrogen) atoms. The second-order valence-corrected chi connectivity index (χ2v) is 6.67. The zero-order valence-electron chi connectivity index (χ0n) is 13.0. The topological polar surface area (TPSA) is 29.5 Å². The van der Waals surface area contributed by atoms with E-state index in [1.807, 2.05) is 58.0 Å². The Balaban J connectivity index is 2.34. The SMILES string of the molecule is C/C=C/[C@H]1c2cc(Cl)ccc2CCN1C(=O)OC(C)(C)C. The van der Waals surface area contributed by atoms with Gasteiger partial charge >= 0.3 is 6.09 Å². The van der Waals surface area contributed by atoms with E-state index >= 15 is 0 Å². The number of nitrogens with zero attached hydrogens (tertiary/aromatic N) is 1. The van der Waals surface area contributed by atoms with Gasteiger partial charge in [0.2, 0.25) is 0 Å². The maximum atomic E-state index is 12.4. The van der Waals surface area contributed by atoms with Gasteiger partial charge in [0, 0.05) is 11.6 Å². The molecular weight excluding hydrogens is 286 g/mol. The van der Waals surface area contributed by atoms with E-state index in [0.29, 0.717) is 11.6 Å². The van der Waals surface area contributed by atoms with Crippen LogP contribution in [0.5, 0.6) is 0 Å². The van der Waals surface area contributed by atoms with Crippen LogP contribution in [0.4, 0.5) is 4.79 Å². The molecule has 1 atom stereocenters. The first-order valence-electron chi connectivity index (χ1n) is 7.22. The predicted octanol–water partition coefficient (Wildman–Crippen LogP) is 4.75. The molecule has 0 aromatic heterocycles. The molecule has 1 aromatic rings. The molecule has 1 aliphatic rings. The maximum absolute atomic E-state index is 12.4. The van der Waals surface area contributed by atoms with Gasteiger partial charge in [-0.1, -0.05) is 29.8 Å². The number of allylic oxidation sites excluding steroid dienone is 1. The van der Waals surface area contributed by atoms with E-state index in [0.717, 1.165) is 12.0 Å². The summed E-state index contributed by atoms with van der Waals surface area (Å²) in [5.41, 5.74) is 1.83. The van der Waals surface area contributed by atoms with E-state index in [-0.39, 0.29) is 12.1 Å². The fourth-order valence-corrected chi connectivity index (χ4v) is 2.71. The zero-order chi connectivity index (χ0) is 15.6. The number of carbonyl (C=O) groups is 1. The highest BCUT2D eigenvalue weighted by molar-refractivity contribution is 6.30. The van der Waals surface area contributed by atoms with E-state index in [9.17, 15) is 4.79 Å². The van der Waals surface area contributed by atoms with Crippen LogP contribution < -0.4 is 0 Å². The molecule has 0 bridgehead atoms. The number of halogens is 1. The number of rotatable bonds is 1. The summed E-state index contributed by atoms with van der Waals surface area (Å²) in [7, 11) is 0. The van der Waals surface area contributed by atoms with Gasteiger partial charge in [-0.3, -0.25) is 4.90 Å². The van der Waals surface area contributed by atoms with E-state index in [1.165, 1.54) is 5.56 Å². The van der Waals surface area contributed by atoms with Gasteiger partial charge in [0.1, 0.15) is 5.60 Å². The molecule has 1 amide bonds. The summed E-state index contributed by atoms with van der Waals surface area (Å²) in [6, 6.07) is 5.77. The van der Waals surface area contributed by atoms with Crippen LogP contribution in [0.15, 0.2) is 30.4 Å². The first kappa shape index (κ1) is 15.9. The lowest BCUT2D eigenvalue weighted by atomic mass is 9.92. The van der Waals surface area contributed by atoms with Crippen molar-refractivity contribution in [2.45, 2.75) is 45.8 Å². The minimum absolute atomic E-state index is 0.118. The van der Waals surface area contributed by atoms with Gasteiger partial charge in [-0.15, -0.1) is 0 Å². The average molecular weight is 308 g/mol. The van der Waals surface area contributed by atoms with Crippen LogP contribution in [0.2, 0.25) is 5.02 Å². The highest BCUT2D eigenvalue weighted by Gasteiger charge is 2.32. The van der Waals surface area contributed by atoms with Crippen LogP contribution in [0, 0.1) is 0 Å². The van der Waals surface area contributed by atoms with E-state index in [2.05, 4.69) is 0 Å². The summed E-state index contributed by atoms with van der Waals surface area (Å²) in [6.45, 7) is 8.24. The zero-order valence-corrected chi connectivity index (χ0v) is 13.8. The Labute approximate surface area is 131 Å². The van der Waals surface area contributed by atoms with Crippen molar-refractivity contribution in [3.8, 4) is 0 Å². The van der Waals surface area contributed by atoms with Crippen LogP contribution in [-0.4, -0.2) is 23.1 Å². The summed E-state index contributed by atoms with van der Waals surface area (Å²) in [5, 5.41) is 0.689. The number of ether oxygens (including phenoxy) is 1. The Morgan fingerprint density at radius 2 is 2.14 bits per heavy atom. The second kappa shape index (κ2) is 6.10. The summed E-state index contributed by atoms with van der Waals surface area (Å²) in [4.78, 5) is 14.2. The Hall–Kier alpha value is -1.48.